The Balaban J connectivity index is 3.02. The molecule has 1 aromatic rings. The maximum Gasteiger partial charge on any atom is 0.321 e. The molecule has 1 atom stereocenters. The summed E-state index contributed by atoms with van der Waals surface area (Å²) in [6, 6.07) is 2.67. The highest BCUT2D eigenvalue weighted by Crippen LogP contribution is 2.25. The van der Waals surface area contributed by atoms with Crippen molar-refractivity contribution in [2.75, 3.05) is 0 Å². The van der Waals surface area contributed by atoms with E-state index in [0.717, 1.165) is 5.56 Å². The van der Waals surface area contributed by atoms with Crippen LogP contribution in [0.1, 0.15) is 19.4 Å². The summed E-state index contributed by atoms with van der Waals surface area (Å²) in [6.07, 6.45) is 3.29. The lowest BCUT2D eigenvalue weighted by Gasteiger charge is -2.28. The van der Waals surface area contributed by atoms with Gasteiger partial charge in [0.15, 0.2) is 0 Å². The largest absolute Gasteiger partial charge is 0.480 e. The van der Waals surface area contributed by atoms with Crippen LogP contribution in [-0.4, -0.2) is 22.1 Å². The fourth-order valence-corrected chi connectivity index (χ4v) is 1.23. The number of carboxylic acids is 1. The molecule has 76 valence electrons. The number of carboxylic acid groups (broad SMARTS) is 1. The van der Waals surface area contributed by atoms with E-state index in [1.165, 1.54) is 0 Å². The van der Waals surface area contributed by atoms with Gasteiger partial charge in [-0.15, -0.1) is 0 Å². The molecule has 0 aliphatic heterocycles. The Morgan fingerprint density at radius 3 is 2.71 bits per heavy atom. The third kappa shape index (κ3) is 1.90. The minimum absolute atomic E-state index is 0.611. The van der Waals surface area contributed by atoms with Crippen molar-refractivity contribution in [1.82, 2.24) is 4.98 Å². The molecule has 4 nitrogen and oxygen atoms in total. The first kappa shape index (κ1) is 10.7. The normalized spacial score (nSPS) is 13.6. The van der Waals surface area contributed by atoms with Crippen LogP contribution in [0.2, 0.25) is 0 Å². The third-order valence-corrected chi connectivity index (χ3v) is 2.45. The van der Waals surface area contributed by atoms with Crippen LogP contribution >= 0.6 is 0 Å². The van der Waals surface area contributed by atoms with Gasteiger partial charge in [-0.25, -0.2) is 0 Å². The van der Waals surface area contributed by atoms with E-state index in [4.69, 9.17) is 10.8 Å². The fourth-order valence-electron chi connectivity index (χ4n) is 1.23. The molecule has 1 aromatic heterocycles. The van der Waals surface area contributed by atoms with Gasteiger partial charge >= 0.3 is 5.97 Å². The first-order valence-electron chi connectivity index (χ1n) is 4.35. The molecule has 0 amide bonds. The predicted octanol–water partition coefficient (Wildman–Crippen LogP) is 0.771. The number of nitrogens with two attached hydrogens (primary N) is 1. The van der Waals surface area contributed by atoms with Crippen LogP contribution in [0.25, 0.3) is 0 Å². The first-order valence-corrected chi connectivity index (χ1v) is 4.35. The molecular weight excluding hydrogens is 180 g/mol. The second-order valence-corrected chi connectivity index (χ2v) is 3.78. The van der Waals surface area contributed by atoms with Gasteiger partial charge in [0, 0.05) is 17.8 Å². The van der Waals surface area contributed by atoms with Crippen molar-refractivity contribution in [1.29, 1.82) is 0 Å². The van der Waals surface area contributed by atoms with Crippen molar-refractivity contribution in [3.05, 3.63) is 30.1 Å². The van der Waals surface area contributed by atoms with Crippen molar-refractivity contribution in [2.45, 2.75) is 25.3 Å². The van der Waals surface area contributed by atoms with Gasteiger partial charge in [0.25, 0.3) is 0 Å². The highest BCUT2D eigenvalue weighted by Gasteiger charge is 2.33. The molecule has 0 aliphatic rings. The molecule has 1 unspecified atom stereocenters. The first-order chi connectivity index (χ1) is 6.46. The maximum atomic E-state index is 10.8. The molecule has 0 aromatic carbocycles. The van der Waals surface area contributed by atoms with E-state index in [9.17, 15) is 4.79 Å². The van der Waals surface area contributed by atoms with Crippen LogP contribution in [0.3, 0.4) is 0 Å². The number of pyridine rings is 1. The summed E-state index contributed by atoms with van der Waals surface area (Å²) in [4.78, 5) is 14.7. The van der Waals surface area contributed by atoms with E-state index >= 15 is 0 Å². The summed E-state index contributed by atoms with van der Waals surface area (Å²) in [5.41, 5.74) is 5.82. The Hall–Kier alpha value is -1.42. The molecule has 0 saturated carbocycles. The average molecular weight is 194 g/mol. The number of aromatic nitrogens is 1. The topological polar surface area (TPSA) is 76.2 Å². The SMILES string of the molecule is CC(C)(c1cccnc1)C(N)C(=O)O. The number of nitrogens with zero attached hydrogens (tertiary/aromatic N) is 1. The lowest BCUT2D eigenvalue weighted by atomic mass is 9.79. The van der Waals surface area contributed by atoms with Crippen LogP contribution < -0.4 is 5.73 Å². The number of hydrogen-bond acceptors (Lipinski definition) is 3. The van der Waals surface area contributed by atoms with Gasteiger partial charge in [0.2, 0.25) is 0 Å². The minimum Gasteiger partial charge on any atom is -0.480 e. The number of carbonyl (C=O) groups is 1. The summed E-state index contributed by atoms with van der Waals surface area (Å²) >= 11 is 0. The summed E-state index contributed by atoms with van der Waals surface area (Å²) < 4.78 is 0. The van der Waals surface area contributed by atoms with Gasteiger partial charge in [-0.1, -0.05) is 19.9 Å². The minimum atomic E-state index is -1.00. The van der Waals surface area contributed by atoms with Gasteiger partial charge in [-0.3, -0.25) is 9.78 Å². The second-order valence-electron chi connectivity index (χ2n) is 3.78. The molecule has 0 aliphatic carbocycles. The molecule has 3 N–H and O–H groups in total. The van der Waals surface area contributed by atoms with Crippen LogP contribution in [0, 0.1) is 0 Å². The van der Waals surface area contributed by atoms with E-state index in [-0.39, 0.29) is 0 Å². The summed E-state index contributed by atoms with van der Waals surface area (Å²) in [5, 5.41) is 8.83. The molecule has 14 heavy (non-hydrogen) atoms. The lowest BCUT2D eigenvalue weighted by molar-refractivity contribution is -0.140. The van der Waals surface area contributed by atoms with E-state index in [1.807, 2.05) is 6.07 Å². The van der Waals surface area contributed by atoms with Crippen molar-refractivity contribution in [3.63, 3.8) is 0 Å². The quantitative estimate of drug-likeness (QED) is 0.745. The Morgan fingerprint density at radius 2 is 2.29 bits per heavy atom. The third-order valence-electron chi connectivity index (χ3n) is 2.45. The Bertz CT molecular complexity index is 322. The van der Waals surface area contributed by atoms with Gasteiger partial charge in [-0.2, -0.15) is 0 Å². The lowest BCUT2D eigenvalue weighted by Crippen LogP contribution is -2.46. The van der Waals surface area contributed by atoms with Crippen LogP contribution in [-0.2, 0) is 10.2 Å². The number of aliphatic carboxylic acids is 1. The molecule has 0 spiro atoms. The Morgan fingerprint density at radius 1 is 1.64 bits per heavy atom. The van der Waals surface area contributed by atoms with Gasteiger partial charge in [0.05, 0.1) is 0 Å². The summed E-state index contributed by atoms with van der Waals surface area (Å²) in [7, 11) is 0. The zero-order valence-electron chi connectivity index (χ0n) is 8.27. The molecule has 0 bridgehead atoms. The Labute approximate surface area is 82.8 Å². The molecule has 0 radical (unpaired) electrons. The molecule has 0 fully saturated rings. The highest BCUT2D eigenvalue weighted by molar-refractivity contribution is 5.75. The number of rotatable bonds is 3. The maximum absolute atomic E-state index is 10.8. The number of hydrogen-bond donors (Lipinski definition) is 2. The summed E-state index contributed by atoms with van der Waals surface area (Å²) in [6.45, 7) is 3.59. The smallest absolute Gasteiger partial charge is 0.321 e. The molecule has 0 saturated heterocycles. The van der Waals surface area contributed by atoms with E-state index in [0.29, 0.717) is 0 Å². The molecule has 1 heterocycles. The molecular formula is C10H14N2O2. The second kappa shape index (κ2) is 3.75. The van der Waals surface area contributed by atoms with Gasteiger partial charge in [0.1, 0.15) is 6.04 Å². The van der Waals surface area contributed by atoms with Crippen molar-refractivity contribution >= 4 is 5.97 Å². The zero-order chi connectivity index (χ0) is 10.8. The van der Waals surface area contributed by atoms with E-state index < -0.39 is 17.4 Å². The monoisotopic (exact) mass is 194 g/mol. The van der Waals surface area contributed by atoms with Crippen LogP contribution in [0.15, 0.2) is 24.5 Å². The highest BCUT2D eigenvalue weighted by atomic mass is 16.4. The van der Waals surface area contributed by atoms with Gasteiger partial charge in [-0.05, 0) is 11.6 Å². The standard InChI is InChI=1S/C10H14N2O2/c1-10(2,8(11)9(13)14)7-4-3-5-12-6-7/h3-6,8H,11H2,1-2H3,(H,13,14). The summed E-state index contributed by atoms with van der Waals surface area (Å²) in [5.74, 6) is -1.00. The zero-order valence-corrected chi connectivity index (χ0v) is 8.27. The van der Waals surface area contributed by atoms with Gasteiger partial charge < -0.3 is 10.8 Å². The van der Waals surface area contributed by atoms with Crippen LogP contribution in [0.5, 0.6) is 0 Å². The average Bonchev–Trinajstić information content (AvgIpc) is 2.18. The van der Waals surface area contributed by atoms with Crippen molar-refractivity contribution in [3.8, 4) is 0 Å². The molecule has 1 rings (SSSR count). The Kier molecular flexibility index (Phi) is 2.86. The fraction of sp³-hybridized carbons (Fsp3) is 0.400. The predicted molar refractivity (Wildman–Crippen MR) is 52.9 cm³/mol. The van der Waals surface area contributed by atoms with Crippen LogP contribution in [0.4, 0.5) is 0 Å². The van der Waals surface area contributed by atoms with Crippen molar-refractivity contribution < 1.29 is 9.90 Å². The molecule has 4 heteroatoms. The van der Waals surface area contributed by atoms with Crippen molar-refractivity contribution in [2.24, 2.45) is 5.73 Å². The van der Waals surface area contributed by atoms with E-state index in [2.05, 4.69) is 4.98 Å². The van der Waals surface area contributed by atoms with E-state index in [1.54, 1.807) is 32.3 Å².